The van der Waals surface area contributed by atoms with E-state index in [1.54, 1.807) is 0 Å². The monoisotopic (exact) mass is 331 g/mol. The summed E-state index contributed by atoms with van der Waals surface area (Å²) in [5.41, 5.74) is 10.9. The lowest BCUT2D eigenvalue weighted by molar-refractivity contribution is 0.179. The molecular weight excluding hydrogens is 317 g/mol. The number of rotatable bonds is 1. The predicted octanol–water partition coefficient (Wildman–Crippen LogP) is 2.88. The first-order valence-corrected chi connectivity index (χ1v) is 6.66. The van der Waals surface area contributed by atoms with E-state index >= 15 is 0 Å². The Kier molecular flexibility index (Phi) is 6.21. The molecule has 98 valence electrons. The first-order chi connectivity index (χ1) is 8.52. The van der Waals surface area contributed by atoms with Crippen LogP contribution < -0.4 is 11.5 Å². The second-order valence-corrected chi connectivity index (χ2v) is 5.27. The summed E-state index contributed by atoms with van der Waals surface area (Å²) in [6.07, 6.45) is 1.91. The van der Waals surface area contributed by atoms with E-state index in [1.807, 2.05) is 12.1 Å². The van der Waals surface area contributed by atoms with Gasteiger partial charge in [0.05, 0.1) is 6.34 Å². The largest absolute Gasteiger partial charge is 0.390 e. The summed E-state index contributed by atoms with van der Waals surface area (Å²) in [6.45, 7) is 0. The quantitative estimate of drug-likeness (QED) is 0.472. The third-order valence-corrected chi connectivity index (χ3v) is 3.20. The normalized spacial score (nSPS) is 21.9. The lowest BCUT2D eigenvalue weighted by Gasteiger charge is -2.29. The SMILES string of the molecule is FC1CC(c2cccc(Br)c2)C1.N/C=N\C(N)=S. The second-order valence-electron chi connectivity index (χ2n) is 3.94. The molecule has 1 aromatic carbocycles. The van der Waals surface area contributed by atoms with Crippen LogP contribution in [0.4, 0.5) is 4.39 Å². The van der Waals surface area contributed by atoms with Crippen LogP contribution in [0.2, 0.25) is 0 Å². The van der Waals surface area contributed by atoms with Gasteiger partial charge in [0.1, 0.15) is 6.17 Å². The number of halogens is 2. The van der Waals surface area contributed by atoms with Gasteiger partial charge < -0.3 is 11.5 Å². The molecule has 6 heteroatoms. The average molecular weight is 332 g/mol. The molecule has 4 N–H and O–H groups in total. The first kappa shape index (κ1) is 15.0. The molecule has 0 unspecified atom stereocenters. The van der Waals surface area contributed by atoms with Gasteiger partial charge in [0, 0.05) is 4.47 Å². The van der Waals surface area contributed by atoms with Gasteiger partial charge in [-0.15, -0.1) is 0 Å². The van der Waals surface area contributed by atoms with Crippen molar-refractivity contribution in [2.24, 2.45) is 16.5 Å². The zero-order chi connectivity index (χ0) is 13.5. The maximum Gasteiger partial charge on any atom is 0.191 e. The van der Waals surface area contributed by atoms with Crippen molar-refractivity contribution in [3.63, 3.8) is 0 Å². The average Bonchev–Trinajstić information content (AvgIpc) is 2.25. The van der Waals surface area contributed by atoms with Gasteiger partial charge in [0.15, 0.2) is 5.11 Å². The number of thiocarbonyl (C=S) groups is 1. The highest BCUT2D eigenvalue weighted by molar-refractivity contribution is 9.10. The molecule has 1 aromatic rings. The van der Waals surface area contributed by atoms with Crippen molar-refractivity contribution in [1.82, 2.24) is 0 Å². The lowest BCUT2D eigenvalue weighted by Crippen LogP contribution is -2.22. The molecule has 1 saturated carbocycles. The van der Waals surface area contributed by atoms with E-state index in [-0.39, 0.29) is 5.11 Å². The van der Waals surface area contributed by atoms with E-state index in [2.05, 4.69) is 45.3 Å². The molecule has 0 heterocycles. The Labute approximate surface area is 120 Å². The van der Waals surface area contributed by atoms with Crippen LogP contribution in [0.15, 0.2) is 33.7 Å². The minimum absolute atomic E-state index is 0.0671. The molecule has 0 aromatic heterocycles. The van der Waals surface area contributed by atoms with Crippen LogP contribution in [0.1, 0.15) is 24.3 Å². The van der Waals surface area contributed by atoms with Crippen molar-refractivity contribution < 1.29 is 4.39 Å². The molecule has 0 bridgehead atoms. The highest BCUT2D eigenvalue weighted by atomic mass is 79.9. The number of benzene rings is 1. The molecule has 18 heavy (non-hydrogen) atoms. The van der Waals surface area contributed by atoms with Gasteiger partial charge in [-0.3, -0.25) is 0 Å². The Balaban J connectivity index is 0.000000232. The first-order valence-electron chi connectivity index (χ1n) is 5.46. The molecular formula is C12H15BrFN3S. The van der Waals surface area contributed by atoms with Gasteiger partial charge in [0.25, 0.3) is 0 Å². The minimum atomic E-state index is -0.561. The number of nitrogens with zero attached hydrogens (tertiary/aromatic N) is 1. The standard InChI is InChI=1S/C10H10BrF.C2H5N3S/c11-9-3-1-2-7(4-9)8-5-10(12)6-8;3-1-5-2(4)6/h1-4,8,10H,5-6H2;1H,(H4,3,4,5,6). The van der Waals surface area contributed by atoms with Crippen LogP contribution in [-0.4, -0.2) is 17.6 Å². The number of aliphatic imine (C=N–C) groups is 1. The molecule has 1 aliphatic rings. The van der Waals surface area contributed by atoms with Crippen LogP contribution in [-0.2, 0) is 0 Å². The molecule has 1 aliphatic carbocycles. The number of alkyl halides is 1. The summed E-state index contributed by atoms with van der Waals surface area (Å²) in [5, 5.41) is 0.0671. The third-order valence-electron chi connectivity index (χ3n) is 2.60. The van der Waals surface area contributed by atoms with E-state index in [9.17, 15) is 4.39 Å². The van der Waals surface area contributed by atoms with E-state index in [4.69, 9.17) is 11.5 Å². The molecule has 2 rings (SSSR count). The molecule has 0 amide bonds. The van der Waals surface area contributed by atoms with Crippen molar-refractivity contribution in [2.75, 3.05) is 0 Å². The van der Waals surface area contributed by atoms with E-state index in [0.717, 1.165) is 10.8 Å². The predicted molar refractivity (Wildman–Crippen MR) is 80.5 cm³/mol. The minimum Gasteiger partial charge on any atom is -0.390 e. The van der Waals surface area contributed by atoms with Crippen LogP contribution in [0.25, 0.3) is 0 Å². The van der Waals surface area contributed by atoms with E-state index < -0.39 is 6.17 Å². The summed E-state index contributed by atoms with van der Waals surface area (Å²) in [4.78, 5) is 3.29. The smallest absolute Gasteiger partial charge is 0.191 e. The number of hydrogen-bond donors (Lipinski definition) is 2. The highest BCUT2D eigenvalue weighted by Gasteiger charge is 2.29. The Morgan fingerprint density at radius 2 is 2.17 bits per heavy atom. The fourth-order valence-electron chi connectivity index (χ4n) is 1.65. The van der Waals surface area contributed by atoms with Gasteiger partial charge in [-0.05, 0) is 48.7 Å². The van der Waals surface area contributed by atoms with Gasteiger partial charge in [-0.2, -0.15) is 0 Å². The summed E-state index contributed by atoms with van der Waals surface area (Å²) in [5.74, 6) is 0.456. The Morgan fingerprint density at radius 3 is 2.56 bits per heavy atom. The van der Waals surface area contributed by atoms with Crippen LogP contribution in [0, 0.1) is 0 Å². The zero-order valence-electron chi connectivity index (χ0n) is 9.72. The second kappa shape index (κ2) is 7.43. The molecule has 0 atom stereocenters. The number of hydrogen-bond acceptors (Lipinski definition) is 1. The third kappa shape index (κ3) is 5.10. The summed E-state index contributed by atoms with van der Waals surface area (Å²) in [6, 6.07) is 8.15. The number of nitrogens with two attached hydrogens (primary N) is 2. The van der Waals surface area contributed by atoms with Crippen LogP contribution >= 0.6 is 28.1 Å². The van der Waals surface area contributed by atoms with E-state index in [0.29, 0.717) is 18.8 Å². The maximum atomic E-state index is 12.5. The molecule has 1 fully saturated rings. The van der Waals surface area contributed by atoms with E-state index in [1.165, 1.54) is 5.56 Å². The van der Waals surface area contributed by atoms with Crippen LogP contribution in [0.3, 0.4) is 0 Å². The van der Waals surface area contributed by atoms with Gasteiger partial charge in [-0.25, -0.2) is 9.38 Å². The van der Waals surface area contributed by atoms with Crippen molar-refractivity contribution >= 4 is 39.6 Å². The summed E-state index contributed by atoms with van der Waals surface area (Å²) < 4.78 is 13.6. The fourth-order valence-corrected chi connectivity index (χ4v) is 2.13. The van der Waals surface area contributed by atoms with Crippen molar-refractivity contribution in [3.05, 3.63) is 34.3 Å². The topological polar surface area (TPSA) is 64.4 Å². The molecule has 3 nitrogen and oxygen atoms in total. The van der Waals surface area contributed by atoms with Crippen molar-refractivity contribution in [1.29, 1.82) is 0 Å². The van der Waals surface area contributed by atoms with Gasteiger partial charge >= 0.3 is 0 Å². The molecule has 0 spiro atoms. The lowest BCUT2D eigenvalue weighted by atomic mass is 9.78. The molecule has 0 aliphatic heterocycles. The Morgan fingerprint density at radius 1 is 1.50 bits per heavy atom. The van der Waals surface area contributed by atoms with Gasteiger partial charge in [-0.1, -0.05) is 28.1 Å². The fraction of sp³-hybridized carbons (Fsp3) is 0.333. The van der Waals surface area contributed by atoms with Crippen molar-refractivity contribution in [2.45, 2.75) is 24.9 Å². The molecule has 0 radical (unpaired) electrons. The Bertz CT molecular complexity index is 433. The summed E-state index contributed by atoms with van der Waals surface area (Å²) >= 11 is 7.70. The summed E-state index contributed by atoms with van der Waals surface area (Å²) in [7, 11) is 0. The maximum absolute atomic E-state index is 12.5. The zero-order valence-corrected chi connectivity index (χ0v) is 12.1. The van der Waals surface area contributed by atoms with Crippen LogP contribution in [0.5, 0.6) is 0 Å². The molecule has 0 saturated heterocycles. The Hall–Kier alpha value is -1.01. The van der Waals surface area contributed by atoms with Crippen molar-refractivity contribution in [3.8, 4) is 0 Å². The van der Waals surface area contributed by atoms with Gasteiger partial charge in [0.2, 0.25) is 0 Å². The highest BCUT2D eigenvalue weighted by Crippen LogP contribution is 2.39.